The Morgan fingerprint density at radius 3 is 2.65 bits per heavy atom. The number of nitrogens with zero attached hydrogens (tertiary/aromatic N) is 2. The monoisotopic (exact) mass is 307 g/mol. The van der Waals surface area contributed by atoms with Crippen molar-refractivity contribution in [2.75, 3.05) is 0 Å². The number of carbonyl (C=O) groups excluding carboxylic acids is 1. The van der Waals surface area contributed by atoms with Gasteiger partial charge in [0, 0.05) is 12.6 Å². The van der Waals surface area contributed by atoms with Crippen LogP contribution in [0.3, 0.4) is 0 Å². The molecule has 1 aromatic carbocycles. The molecule has 0 bridgehead atoms. The van der Waals surface area contributed by atoms with E-state index in [4.69, 9.17) is 4.42 Å². The Morgan fingerprint density at radius 2 is 1.91 bits per heavy atom. The molecule has 0 fully saturated rings. The molecular formula is C18H17N3O2. The first-order chi connectivity index (χ1) is 11.2. The number of aromatic nitrogens is 2. The van der Waals surface area contributed by atoms with Gasteiger partial charge in [-0.15, -0.1) is 0 Å². The van der Waals surface area contributed by atoms with Crippen molar-refractivity contribution in [3.8, 4) is 0 Å². The Balaban J connectivity index is 1.59. The van der Waals surface area contributed by atoms with E-state index in [0.717, 1.165) is 17.0 Å². The summed E-state index contributed by atoms with van der Waals surface area (Å²) in [4.78, 5) is 20.4. The van der Waals surface area contributed by atoms with Crippen molar-refractivity contribution in [1.29, 1.82) is 0 Å². The van der Waals surface area contributed by atoms with Crippen LogP contribution in [-0.2, 0) is 13.0 Å². The number of benzene rings is 1. The molecule has 0 saturated carbocycles. The van der Waals surface area contributed by atoms with Crippen LogP contribution in [0, 0.1) is 6.92 Å². The van der Waals surface area contributed by atoms with Gasteiger partial charge in [-0.25, -0.2) is 0 Å². The molecule has 1 N–H and O–H groups in total. The van der Waals surface area contributed by atoms with Crippen LogP contribution in [0.15, 0.2) is 59.3 Å². The summed E-state index contributed by atoms with van der Waals surface area (Å²) >= 11 is 0. The lowest BCUT2D eigenvalue weighted by atomic mass is 10.1. The molecule has 23 heavy (non-hydrogen) atoms. The number of amides is 1. The van der Waals surface area contributed by atoms with E-state index >= 15 is 0 Å². The van der Waals surface area contributed by atoms with Gasteiger partial charge in [-0.2, -0.15) is 0 Å². The summed E-state index contributed by atoms with van der Waals surface area (Å²) in [6.45, 7) is 2.19. The molecule has 0 aliphatic rings. The first kappa shape index (κ1) is 15.0. The van der Waals surface area contributed by atoms with Gasteiger partial charge >= 0.3 is 0 Å². The van der Waals surface area contributed by atoms with Crippen molar-refractivity contribution >= 4 is 5.91 Å². The van der Waals surface area contributed by atoms with Crippen LogP contribution < -0.4 is 5.32 Å². The molecule has 0 radical (unpaired) electrons. The van der Waals surface area contributed by atoms with E-state index in [9.17, 15) is 4.79 Å². The minimum Gasteiger partial charge on any atom is -0.456 e. The molecule has 3 rings (SSSR count). The smallest absolute Gasteiger partial charge is 0.287 e. The predicted molar refractivity (Wildman–Crippen MR) is 85.9 cm³/mol. The minimum atomic E-state index is -0.258. The van der Waals surface area contributed by atoms with E-state index in [0.29, 0.717) is 24.4 Å². The Labute approximate surface area is 134 Å². The minimum absolute atomic E-state index is 0.258. The fraction of sp³-hybridized carbons (Fsp3) is 0.167. The molecule has 1 amide bonds. The van der Waals surface area contributed by atoms with E-state index < -0.39 is 0 Å². The van der Waals surface area contributed by atoms with Crippen LogP contribution >= 0.6 is 0 Å². The Morgan fingerprint density at radius 1 is 1.09 bits per heavy atom. The van der Waals surface area contributed by atoms with Crippen LogP contribution in [0.1, 0.15) is 33.3 Å². The number of hydrogen-bond donors (Lipinski definition) is 1. The first-order valence-electron chi connectivity index (χ1n) is 7.39. The highest BCUT2D eigenvalue weighted by Crippen LogP contribution is 2.13. The van der Waals surface area contributed by atoms with Crippen molar-refractivity contribution in [3.05, 3.63) is 83.3 Å². The largest absolute Gasteiger partial charge is 0.456 e. The number of aryl methyl sites for hydroxylation is 1. The molecule has 3 aromatic rings. The van der Waals surface area contributed by atoms with Gasteiger partial charge in [0.25, 0.3) is 5.91 Å². The van der Waals surface area contributed by atoms with Gasteiger partial charge in [-0.3, -0.25) is 14.8 Å². The second-order valence-corrected chi connectivity index (χ2v) is 5.26. The van der Waals surface area contributed by atoms with Gasteiger partial charge in [0.15, 0.2) is 5.76 Å². The average molecular weight is 307 g/mol. The number of nitrogens with one attached hydrogen (secondary N) is 1. The number of carbonyl (C=O) groups is 1. The molecule has 0 aliphatic heterocycles. The fourth-order valence-electron chi connectivity index (χ4n) is 2.16. The van der Waals surface area contributed by atoms with E-state index in [-0.39, 0.29) is 5.91 Å². The van der Waals surface area contributed by atoms with E-state index in [1.54, 1.807) is 18.5 Å². The molecule has 0 unspecified atom stereocenters. The maximum atomic E-state index is 12.1. The van der Waals surface area contributed by atoms with Crippen LogP contribution in [0.5, 0.6) is 0 Å². The molecule has 5 heteroatoms. The Hall–Kier alpha value is -2.95. The van der Waals surface area contributed by atoms with E-state index in [1.807, 2.05) is 43.3 Å². The zero-order valence-corrected chi connectivity index (χ0v) is 12.8. The second kappa shape index (κ2) is 6.87. The third kappa shape index (κ3) is 4.03. The highest BCUT2D eigenvalue weighted by Gasteiger charge is 2.11. The third-order valence-corrected chi connectivity index (χ3v) is 3.37. The van der Waals surface area contributed by atoms with Crippen molar-refractivity contribution in [1.82, 2.24) is 15.3 Å². The molecule has 0 aliphatic carbocycles. The lowest BCUT2D eigenvalue weighted by molar-refractivity contribution is 0.0921. The summed E-state index contributed by atoms with van der Waals surface area (Å²) in [5.41, 5.74) is 2.69. The standard InChI is InChI=1S/C18H17N3O2/c1-13-10-20-15(11-19-13)12-21-18(22)17-8-7-16(23-17)9-14-5-3-2-4-6-14/h2-8,10-11H,9,12H2,1H3,(H,21,22). The quantitative estimate of drug-likeness (QED) is 0.787. The topological polar surface area (TPSA) is 68.0 Å². The normalized spacial score (nSPS) is 10.5. The first-order valence-corrected chi connectivity index (χ1v) is 7.39. The van der Waals surface area contributed by atoms with Gasteiger partial charge < -0.3 is 9.73 Å². The molecule has 0 atom stereocenters. The van der Waals surface area contributed by atoms with Gasteiger partial charge in [0.2, 0.25) is 0 Å². The summed E-state index contributed by atoms with van der Waals surface area (Å²) in [6, 6.07) is 13.5. The van der Waals surface area contributed by atoms with Crippen LogP contribution in [0.25, 0.3) is 0 Å². The summed E-state index contributed by atoms with van der Waals surface area (Å²) in [6.07, 6.45) is 3.99. The molecular weight excluding hydrogens is 290 g/mol. The summed E-state index contributed by atoms with van der Waals surface area (Å²) in [7, 11) is 0. The maximum Gasteiger partial charge on any atom is 0.287 e. The van der Waals surface area contributed by atoms with E-state index in [1.165, 1.54) is 0 Å². The fourth-order valence-corrected chi connectivity index (χ4v) is 2.16. The van der Waals surface area contributed by atoms with E-state index in [2.05, 4.69) is 15.3 Å². The molecule has 2 aromatic heterocycles. The Kier molecular flexibility index (Phi) is 4.47. The van der Waals surface area contributed by atoms with Crippen LogP contribution in [0.2, 0.25) is 0 Å². The number of hydrogen-bond acceptors (Lipinski definition) is 4. The molecule has 5 nitrogen and oxygen atoms in total. The van der Waals surface area contributed by atoms with Crippen molar-refractivity contribution < 1.29 is 9.21 Å². The number of furan rings is 1. The van der Waals surface area contributed by atoms with Crippen LogP contribution in [-0.4, -0.2) is 15.9 Å². The SMILES string of the molecule is Cc1cnc(CNC(=O)c2ccc(Cc3ccccc3)o2)cn1. The highest BCUT2D eigenvalue weighted by atomic mass is 16.3. The van der Waals surface area contributed by atoms with Gasteiger partial charge in [0.05, 0.1) is 24.1 Å². The van der Waals surface area contributed by atoms with Gasteiger partial charge in [0.1, 0.15) is 5.76 Å². The van der Waals surface area contributed by atoms with Crippen molar-refractivity contribution in [3.63, 3.8) is 0 Å². The molecule has 0 spiro atoms. The number of rotatable bonds is 5. The second-order valence-electron chi connectivity index (χ2n) is 5.26. The lowest BCUT2D eigenvalue weighted by Gasteiger charge is -2.03. The Bertz CT molecular complexity index is 780. The molecule has 116 valence electrons. The maximum absolute atomic E-state index is 12.1. The van der Waals surface area contributed by atoms with Gasteiger partial charge in [-0.05, 0) is 24.6 Å². The zero-order chi connectivity index (χ0) is 16.1. The highest BCUT2D eigenvalue weighted by molar-refractivity contribution is 5.91. The van der Waals surface area contributed by atoms with Crippen molar-refractivity contribution in [2.24, 2.45) is 0 Å². The summed E-state index contributed by atoms with van der Waals surface area (Å²) < 4.78 is 5.61. The summed E-state index contributed by atoms with van der Waals surface area (Å²) in [5.74, 6) is 0.805. The summed E-state index contributed by atoms with van der Waals surface area (Å²) in [5, 5.41) is 2.78. The average Bonchev–Trinajstić information content (AvgIpc) is 3.03. The van der Waals surface area contributed by atoms with Crippen molar-refractivity contribution in [2.45, 2.75) is 19.9 Å². The lowest BCUT2D eigenvalue weighted by Crippen LogP contribution is -2.22. The molecule has 2 heterocycles. The zero-order valence-electron chi connectivity index (χ0n) is 12.8. The third-order valence-electron chi connectivity index (χ3n) is 3.37. The van der Waals surface area contributed by atoms with Gasteiger partial charge in [-0.1, -0.05) is 30.3 Å². The van der Waals surface area contributed by atoms with Crippen LogP contribution in [0.4, 0.5) is 0 Å². The molecule has 0 saturated heterocycles. The predicted octanol–water partition coefficient (Wildman–Crippen LogP) is 2.90.